The van der Waals surface area contributed by atoms with Gasteiger partial charge in [-0.25, -0.2) is 0 Å². The van der Waals surface area contributed by atoms with Crippen molar-refractivity contribution in [3.8, 4) is 0 Å². The molecule has 7 nitrogen and oxygen atoms in total. The second-order valence-corrected chi connectivity index (χ2v) is 6.91. The first-order chi connectivity index (χ1) is 13.6. The fourth-order valence-electron chi connectivity index (χ4n) is 3.33. The first-order valence-electron chi connectivity index (χ1n) is 9.51. The highest BCUT2D eigenvalue weighted by Crippen LogP contribution is 2.15. The van der Waals surface area contributed by atoms with Gasteiger partial charge in [0.15, 0.2) is 0 Å². The Kier molecular flexibility index (Phi) is 6.73. The van der Waals surface area contributed by atoms with E-state index < -0.39 is 5.91 Å². The summed E-state index contributed by atoms with van der Waals surface area (Å²) in [5.74, 6) is -0.855. The van der Waals surface area contributed by atoms with Gasteiger partial charge in [-0.05, 0) is 24.1 Å². The summed E-state index contributed by atoms with van der Waals surface area (Å²) in [7, 11) is 0. The van der Waals surface area contributed by atoms with Crippen molar-refractivity contribution in [2.24, 2.45) is 5.73 Å². The van der Waals surface area contributed by atoms with Crippen molar-refractivity contribution in [2.45, 2.75) is 32.0 Å². The van der Waals surface area contributed by atoms with Crippen LogP contribution in [0.4, 0.5) is 0 Å². The third kappa shape index (κ3) is 5.15. The fourth-order valence-corrected chi connectivity index (χ4v) is 3.33. The van der Waals surface area contributed by atoms with Crippen LogP contribution in [-0.2, 0) is 11.3 Å². The molecule has 2 aromatic rings. The van der Waals surface area contributed by atoms with Gasteiger partial charge in [0.25, 0.3) is 5.91 Å². The van der Waals surface area contributed by atoms with Crippen LogP contribution in [0.25, 0.3) is 0 Å². The van der Waals surface area contributed by atoms with E-state index >= 15 is 0 Å². The smallest absolute Gasteiger partial charge is 0.270 e. The number of hydrogen-bond acceptors (Lipinski definition) is 5. The molecule has 1 aliphatic heterocycles. The molecule has 0 unspecified atom stereocenters. The zero-order chi connectivity index (χ0) is 19.9. The van der Waals surface area contributed by atoms with Gasteiger partial charge in [-0.1, -0.05) is 37.3 Å². The van der Waals surface area contributed by atoms with Crippen LogP contribution in [0.5, 0.6) is 0 Å². The molecule has 7 heteroatoms. The summed E-state index contributed by atoms with van der Waals surface area (Å²) in [6, 6.07) is 13.2. The van der Waals surface area contributed by atoms with Crippen LogP contribution in [0.1, 0.15) is 39.8 Å². The summed E-state index contributed by atoms with van der Waals surface area (Å²) < 4.78 is 5.95. The van der Waals surface area contributed by atoms with Crippen LogP contribution >= 0.6 is 0 Å². The number of carbonyl (C=O) groups excluding carboxylic acids is 2. The highest BCUT2D eigenvalue weighted by molar-refractivity contribution is 5.95. The molecule has 1 aliphatic rings. The zero-order valence-electron chi connectivity index (χ0n) is 16.0. The fraction of sp³-hybridized carbons (Fsp3) is 0.381. The second-order valence-electron chi connectivity index (χ2n) is 6.91. The van der Waals surface area contributed by atoms with E-state index in [0.717, 1.165) is 26.1 Å². The zero-order valence-corrected chi connectivity index (χ0v) is 16.0. The van der Waals surface area contributed by atoms with Crippen LogP contribution in [-0.4, -0.2) is 53.5 Å². The number of primary amides is 1. The second kappa shape index (κ2) is 9.43. The van der Waals surface area contributed by atoms with Crippen molar-refractivity contribution in [1.82, 2.24) is 15.2 Å². The van der Waals surface area contributed by atoms with Crippen LogP contribution in [0.15, 0.2) is 48.7 Å². The maximum atomic E-state index is 12.6. The van der Waals surface area contributed by atoms with Crippen molar-refractivity contribution in [2.75, 3.05) is 19.7 Å². The Morgan fingerprint density at radius 2 is 2.07 bits per heavy atom. The maximum Gasteiger partial charge on any atom is 0.270 e. The van der Waals surface area contributed by atoms with E-state index in [2.05, 4.69) is 27.3 Å². The molecule has 2 heterocycles. The Labute approximate surface area is 164 Å². The molecule has 0 bridgehead atoms. The topological polar surface area (TPSA) is 97.5 Å². The molecule has 0 aliphatic carbocycles. The predicted molar refractivity (Wildman–Crippen MR) is 106 cm³/mol. The molecule has 3 rings (SSSR count). The number of nitrogens with one attached hydrogen (secondary N) is 1. The van der Waals surface area contributed by atoms with E-state index in [9.17, 15) is 9.59 Å². The summed E-state index contributed by atoms with van der Waals surface area (Å²) >= 11 is 0. The number of nitrogens with zero attached hydrogens (tertiary/aromatic N) is 2. The highest BCUT2D eigenvalue weighted by Gasteiger charge is 2.28. The lowest BCUT2D eigenvalue weighted by atomic mass is 10.1. The number of carbonyl (C=O) groups is 2. The van der Waals surface area contributed by atoms with Crippen molar-refractivity contribution in [1.29, 1.82) is 0 Å². The molecule has 2 atom stereocenters. The minimum Gasteiger partial charge on any atom is -0.373 e. The van der Waals surface area contributed by atoms with E-state index in [1.165, 1.54) is 23.9 Å². The summed E-state index contributed by atoms with van der Waals surface area (Å²) in [4.78, 5) is 30.1. The quantitative estimate of drug-likeness (QED) is 0.758. The molecule has 28 heavy (non-hydrogen) atoms. The van der Waals surface area contributed by atoms with Crippen LogP contribution < -0.4 is 11.1 Å². The number of morpholine rings is 1. The Morgan fingerprint density at radius 3 is 2.71 bits per heavy atom. The molecule has 0 radical (unpaired) electrons. The van der Waals surface area contributed by atoms with Crippen LogP contribution in [0.3, 0.4) is 0 Å². The van der Waals surface area contributed by atoms with E-state index in [1.54, 1.807) is 0 Å². The van der Waals surface area contributed by atoms with Gasteiger partial charge >= 0.3 is 0 Å². The number of rotatable bonds is 7. The molecule has 1 aromatic heterocycles. The Bertz CT molecular complexity index is 795. The Hall–Kier alpha value is -2.77. The average Bonchev–Trinajstić information content (AvgIpc) is 2.73. The summed E-state index contributed by atoms with van der Waals surface area (Å²) in [6.45, 7) is 5.14. The van der Waals surface area contributed by atoms with Gasteiger partial charge in [-0.3, -0.25) is 19.5 Å². The number of ether oxygens (including phenoxy) is 1. The highest BCUT2D eigenvalue weighted by atomic mass is 16.5. The molecule has 3 N–H and O–H groups in total. The third-order valence-electron chi connectivity index (χ3n) is 4.91. The molecule has 0 spiro atoms. The Morgan fingerprint density at radius 1 is 1.29 bits per heavy atom. The lowest BCUT2D eigenvalue weighted by molar-refractivity contribution is -0.0483. The van der Waals surface area contributed by atoms with E-state index in [1.807, 2.05) is 25.1 Å². The first kappa shape index (κ1) is 20.0. The summed E-state index contributed by atoms with van der Waals surface area (Å²) in [6.07, 6.45) is 1.97. The molecule has 1 saturated heterocycles. The van der Waals surface area contributed by atoms with Gasteiger partial charge in [0.2, 0.25) is 5.91 Å². The largest absolute Gasteiger partial charge is 0.373 e. The van der Waals surface area contributed by atoms with Crippen LogP contribution in [0.2, 0.25) is 0 Å². The van der Waals surface area contributed by atoms with Gasteiger partial charge < -0.3 is 15.8 Å². The minimum absolute atomic E-state index is 0.0868. The SMILES string of the molecule is CC[C@H](NC(=O)c1ccc(C(N)=O)cn1)[C@H]1CN(Cc2ccccc2)CCO1. The van der Waals surface area contributed by atoms with Crippen molar-refractivity contribution >= 4 is 11.8 Å². The molecular formula is C21H26N4O3. The molecule has 1 fully saturated rings. The maximum absolute atomic E-state index is 12.6. The first-order valence-corrected chi connectivity index (χ1v) is 9.51. The van der Waals surface area contributed by atoms with Gasteiger partial charge in [0, 0.05) is 25.8 Å². The number of nitrogens with two attached hydrogens (primary N) is 1. The number of amides is 2. The molecular weight excluding hydrogens is 356 g/mol. The minimum atomic E-state index is -0.569. The lowest BCUT2D eigenvalue weighted by Gasteiger charge is -2.37. The van der Waals surface area contributed by atoms with Gasteiger partial charge in [-0.15, -0.1) is 0 Å². The van der Waals surface area contributed by atoms with Crippen molar-refractivity contribution < 1.29 is 14.3 Å². The standard InChI is InChI=1S/C21H26N4O3/c1-2-17(24-21(27)18-9-8-16(12-23-18)20(22)26)19-14-25(10-11-28-19)13-15-6-4-3-5-7-15/h3-9,12,17,19H,2,10-11,13-14H2,1H3,(H2,22,26)(H,24,27)/t17-,19+/m0/s1. The lowest BCUT2D eigenvalue weighted by Crippen LogP contribution is -2.53. The van der Waals surface area contributed by atoms with Gasteiger partial charge in [0.05, 0.1) is 24.3 Å². The number of pyridine rings is 1. The molecule has 1 aromatic carbocycles. The van der Waals surface area contributed by atoms with E-state index in [-0.39, 0.29) is 29.3 Å². The van der Waals surface area contributed by atoms with Gasteiger partial charge in [-0.2, -0.15) is 0 Å². The number of benzene rings is 1. The van der Waals surface area contributed by atoms with Crippen molar-refractivity contribution in [3.63, 3.8) is 0 Å². The van der Waals surface area contributed by atoms with Crippen molar-refractivity contribution in [3.05, 3.63) is 65.5 Å². The van der Waals surface area contributed by atoms with E-state index in [0.29, 0.717) is 6.61 Å². The summed E-state index contributed by atoms with van der Waals surface area (Å²) in [5.41, 5.74) is 6.99. The Balaban J connectivity index is 1.60. The molecule has 148 valence electrons. The van der Waals surface area contributed by atoms with E-state index in [4.69, 9.17) is 10.5 Å². The normalized spacial score (nSPS) is 18.4. The number of aromatic nitrogens is 1. The molecule has 0 saturated carbocycles. The van der Waals surface area contributed by atoms with Gasteiger partial charge in [0.1, 0.15) is 5.69 Å². The summed E-state index contributed by atoms with van der Waals surface area (Å²) in [5, 5.41) is 3.02. The monoisotopic (exact) mass is 382 g/mol. The van der Waals surface area contributed by atoms with Crippen LogP contribution in [0, 0.1) is 0 Å². The number of hydrogen-bond donors (Lipinski definition) is 2. The predicted octanol–water partition coefficient (Wildman–Crippen LogP) is 1.59. The average molecular weight is 382 g/mol. The third-order valence-corrected chi connectivity index (χ3v) is 4.91. The molecule has 2 amide bonds.